The average Bonchev–Trinajstić information content (AvgIpc) is 3.20. The molecule has 0 bridgehead atoms. The number of piperidine rings is 1. The summed E-state index contributed by atoms with van der Waals surface area (Å²) < 4.78 is 14.6. The molecule has 8 nitrogen and oxygen atoms in total. The van der Waals surface area contributed by atoms with Crippen LogP contribution in [0.5, 0.6) is 11.5 Å². The van der Waals surface area contributed by atoms with Crippen LogP contribution in [0.1, 0.15) is 61.3 Å². The number of rotatable bonds is 9. The Kier molecular flexibility index (Phi) is 7.90. The van der Waals surface area contributed by atoms with Gasteiger partial charge in [0.15, 0.2) is 11.5 Å². The number of nitrogens with zero attached hydrogens (tertiary/aromatic N) is 4. The van der Waals surface area contributed by atoms with Crippen molar-refractivity contribution >= 4 is 5.91 Å². The molecule has 0 unspecified atom stereocenters. The Labute approximate surface area is 206 Å². The molecule has 1 saturated heterocycles. The van der Waals surface area contributed by atoms with E-state index in [0.29, 0.717) is 56.5 Å². The highest BCUT2D eigenvalue weighted by Gasteiger charge is 2.29. The van der Waals surface area contributed by atoms with E-state index in [-0.39, 0.29) is 17.5 Å². The molecule has 1 aliphatic rings. The smallest absolute Gasteiger partial charge is 0.346 e. The third-order valence-corrected chi connectivity index (χ3v) is 6.38. The van der Waals surface area contributed by atoms with E-state index in [2.05, 4.69) is 0 Å². The number of likely N-dealkylation sites (tertiary alicyclic amines) is 1. The number of carbonyl (C=O) groups excluding carboxylic acids is 1. The van der Waals surface area contributed by atoms with Crippen molar-refractivity contribution in [2.45, 2.75) is 52.6 Å². The van der Waals surface area contributed by atoms with Crippen molar-refractivity contribution in [1.82, 2.24) is 19.2 Å². The molecule has 0 N–H and O–H groups in total. The van der Waals surface area contributed by atoms with Gasteiger partial charge in [-0.05, 0) is 57.4 Å². The summed E-state index contributed by atoms with van der Waals surface area (Å²) in [5, 5.41) is 4.72. The number of carbonyl (C=O) groups is 1. The van der Waals surface area contributed by atoms with Gasteiger partial charge < -0.3 is 14.4 Å². The second kappa shape index (κ2) is 11.3. The van der Waals surface area contributed by atoms with Gasteiger partial charge in [0.25, 0.3) is 5.91 Å². The maximum absolute atomic E-state index is 13.2. The Morgan fingerprint density at radius 2 is 1.66 bits per heavy atom. The van der Waals surface area contributed by atoms with Crippen LogP contribution in [0.25, 0.3) is 0 Å². The maximum Gasteiger partial charge on any atom is 0.346 e. The minimum absolute atomic E-state index is 0.0186. The molecule has 186 valence electrons. The first kappa shape index (κ1) is 24.6. The van der Waals surface area contributed by atoms with E-state index in [0.717, 1.165) is 24.2 Å². The van der Waals surface area contributed by atoms with Crippen LogP contribution in [0.2, 0.25) is 0 Å². The second-order valence-corrected chi connectivity index (χ2v) is 8.62. The van der Waals surface area contributed by atoms with E-state index < -0.39 is 0 Å². The van der Waals surface area contributed by atoms with Crippen molar-refractivity contribution in [2.24, 2.45) is 0 Å². The topological polar surface area (TPSA) is 78.6 Å². The summed E-state index contributed by atoms with van der Waals surface area (Å²) in [5.41, 5.74) is 1.56. The zero-order valence-corrected chi connectivity index (χ0v) is 20.8. The molecule has 2 heterocycles. The minimum atomic E-state index is -0.0808. The minimum Gasteiger partial charge on any atom is -0.490 e. The molecule has 1 aliphatic heterocycles. The lowest BCUT2D eigenvalue weighted by atomic mass is 9.95. The molecule has 1 aromatic heterocycles. The Bertz CT molecular complexity index is 1190. The summed E-state index contributed by atoms with van der Waals surface area (Å²) in [4.78, 5) is 28.0. The molecule has 4 rings (SSSR count). The van der Waals surface area contributed by atoms with E-state index in [9.17, 15) is 9.59 Å². The summed E-state index contributed by atoms with van der Waals surface area (Å²) >= 11 is 0. The van der Waals surface area contributed by atoms with E-state index >= 15 is 0 Å². The van der Waals surface area contributed by atoms with Crippen molar-refractivity contribution in [1.29, 1.82) is 0 Å². The van der Waals surface area contributed by atoms with Crippen molar-refractivity contribution in [3.8, 4) is 11.5 Å². The highest BCUT2D eigenvalue weighted by molar-refractivity contribution is 5.95. The maximum atomic E-state index is 13.2. The Balaban J connectivity index is 1.46. The normalized spacial score (nSPS) is 14.2. The number of hydrogen-bond acceptors (Lipinski definition) is 5. The van der Waals surface area contributed by atoms with E-state index in [1.165, 1.54) is 0 Å². The standard InChI is InChI=1S/C27H34N4O4/c1-4-30-25(28-31(27(30)33)19-20-10-8-7-9-11-20)21-14-16-29(17-15-21)26(32)22-12-13-23(34-5-2)24(18-22)35-6-3/h7-13,18,21H,4-6,14-17,19H2,1-3H3. The van der Waals surface area contributed by atoms with Gasteiger partial charge in [-0.25, -0.2) is 9.48 Å². The summed E-state index contributed by atoms with van der Waals surface area (Å²) in [6, 6.07) is 15.2. The first-order valence-electron chi connectivity index (χ1n) is 12.5. The molecule has 8 heteroatoms. The van der Waals surface area contributed by atoms with Gasteiger partial charge in [-0.15, -0.1) is 0 Å². The SMILES string of the molecule is CCOc1ccc(C(=O)N2CCC(c3nn(Cc4ccccc4)c(=O)n3CC)CC2)cc1OCC. The molecular weight excluding hydrogens is 444 g/mol. The average molecular weight is 479 g/mol. The lowest BCUT2D eigenvalue weighted by molar-refractivity contribution is 0.0709. The van der Waals surface area contributed by atoms with Crippen LogP contribution >= 0.6 is 0 Å². The van der Waals surface area contributed by atoms with Crippen LogP contribution in [0.15, 0.2) is 53.3 Å². The number of ether oxygens (including phenoxy) is 2. The van der Waals surface area contributed by atoms with Gasteiger partial charge in [-0.1, -0.05) is 30.3 Å². The van der Waals surface area contributed by atoms with Crippen molar-refractivity contribution < 1.29 is 14.3 Å². The zero-order valence-electron chi connectivity index (χ0n) is 20.8. The van der Waals surface area contributed by atoms with Gasteiger partial charge in [0.05, 0.1) is 19.8 Å². The predicted octanol–water partition coefficient (Wildman–Crippen LogP) is 3.93. The van der Waals surface area contributed by atoms with Gasteiger partial charge in [0.2, 0.25) is 0 Å². The zero-order chi connectivity index (χ0) is 24.8. The number of benzene rings is 2. The van der Waals surface area contributed by atoms with Crippen LogP contribution in [0.3, 0.4) is 0 Å². The van der Waals surface area contributed by atoms with E-state index in [1.54, 1.807) is 27.4 Å². The number of hydrogen-bond donors (Lipinski definition) is 0. The van der Waals surface area contributed by atoms with Gasteiger partial charge in [-0.2, -0.15) is 5.10 Å². The Morgan fingerprint density at radius 3 is 2.31 bits per heavy atom. The molecule has 1 amide bonds. The predicted molar refractivity (Wildman–Crippen MR) is 134 cm³/mol. The first-order chi connectivity index (χ1) is 17.0. The molecule has 35 heavy (non-hydrogen) atoms. The van der Waals surface area contributed by atoms with Crippen molar-refractivity contribution in [2.75, 3.05) is 26.3 Å². The summed E-state index contributed by atoms with van der Waals surface area (Å²) in [7, 11) is 0. The number of aromatic nitrogens is 3. The molecule has 0 aliphatic carbocycles. The Hall–Kier alpha value is -3.55. The fourth-order valence-electron chi connectivity index (χ4n) is 4.62. The lowest BCUT2D eigenvalue weighted by Crippen LogP contribution is -2.38. The van der Waals surface area contributed by atoms with Crippen LogP contribution in [0, 0.1) is 0 Å². The molecule has 0 radical (unpaired) electrons. The fourth-order valence-corrected chi connectivity index (χ4v) is 4.62. The Morgan fingerprint density at radius 1 is 0.971 bits per heavy atom. The fraction of sp³-hybridized carbons (Fsp3) is 0.444. The van der Waals surface area contributed by atoms with Gasteiger partial charge in [0, 0.05) is 31.1 Å². The largest absolute Gasteiger partial charge is 0.490 e. The molecule has 2 aromatic carbocycles. The molecular formula is C27H34N4O4. The van der Waals surface area contributed by atoms with Crippen LogP contribution in [-0.4, -0.2) is 51.5 Å². The second-order valence-electron chi connectivity index (χ2n) is 8.62. The third-order valence-electron chi connectivity index (χ3n) is 6.38. The summed E-state index contributed by atoms with van der Waals surface area (Å²) in [6.45, 7) is 9.09. The lowest BCUT2D eigenvalue weighted by Gasteiger charge is -2.31. The van der Waals surface area contributed by atoms with Gasteiger partial charge in [-0.3, -0.25) is 9.36 Å². The summed E-state index contributed by atoms with van der Waals surface area (Å²) in [6.07, 6.45) is 1.53. The van der Waals surface area contributed by atoms with E-state index in [4.69, 9.17) is 14.6 Å². The van der Waals surface area contributed by atoms with Gasteiger partial charge in [0.1, 0.15) is 5.82 Å². The van der Waals surface area contributed by atoms with Crippen LogP contribution in [0.4, 0.5) is 0 Å². The quantitative estimate of drug-likeness (QED) is 0.466. The number of amides is 1. The molecule has 0 atom stereocenters. The van der Waals surface area contributed by atoms with Crippen LogP contribution < -0.4 is 15.2 Å². The van der Waals surface area contributed by atoms with Crippen LogP contribution in [-0.2, 0) is 13.1 Å². The van der Waals surface area contributed by atoms with Crippen molar-refractivity contribution in [3.05, 3.63) is 76.0 Å². The van der Waals surface area contributed by atoms with Gasteiger partial charge >= 0.3 is 5.69 Å². The monoisotopic (exact) mass is 478 g/mol. The third kappa shape index (κ3) is 5.42. The molecule has 3 aromatic rings. The molecule has 1 fully saturated rings. The van der Waals surface area contributed by atoms with Crippen molar-refractivity contribution in [3.63, 3.8) is 0 Å². The molecule has 0 saturated carbocycles. The first-order valence-corrected chi connectivity index (χ1v) is 12.5. The highest BCUT2D eigenvalue weighted by Crippen LogP contribution is 2.31. The summed E-state index contributed by atoms with van der Waals surface area (Å²) in [5.74, 6) is 2.18. The highest BCUT2D eigenvalue weighted by atomic mass is 16.5. The van der Waals surface area contributed by atoms with E-state index in [1.807, 2.05) is 56.0 Å². The molecule has 0 spiro atoms.